The van der Waals surface area contributed by atoms with Crippen LogP contribution in [-0.4, -0.2) is 17.1 Å². The number of nitrogens with one attached hydrogen (secondary N) is 2. The van der Waals surface area contributed by atoms with E-state index in [2.05, 4.69) is 52.6 Å². The van der Waals surface area contributed by atoms with Crippen molar-refractivity contribution < 1.29 is 4.74 Å². The SMILES string of the molecule is COc1cccc(Nc2cc(Nc3ccccc3C(C)C)ncn2)c1. The lowest BCUT2D eigenvalue weighted by Crippen LogP contribution is -2.01. The van der Waals surface area contributed by atoms with Gasteiger partial charge in [0.05, 0.1) is 7.11 Å². The van der Waals surface area contributed by atoms with Crippen LogP contribution in [0.2, 0.25) is 0 Å². The Kier molecular flexibility index (Phi) is 5.14. The van der Waals surface area contributed by atoms with Crippen LogP contribution >= 0.6 is 0 Å². The molecule has 2 N–H and O–H groups in total. The van der Waals surface area contributed by atoms with Crippen molar-refractivity contribution >= 4 is 23.0 Å². The van der Waals surface area contributed by atoms with E-state index >= 15 is 0 Å². The molecule has 0 bridgehead atoms. The summed E-state index contributed by atoms with van der Waals surface area (Å²) in [7, 11) is 1.65. The molecular formula is C20H22N4O. The first-order valence-electron chi connectivity index (χ1n) is 8.25. The maximum Gasteiger partial charge on any atom is 0.135 e. The second-order valence-electron chi connectivity index (χ2n) is 6.01. The molecule has 5 nitrogen and oxygen atoms in total. The van der Waals surface area contributed by atoms with Gasteiger partial charge in [0.25, 0.3) is 0 Å². The molecule has 25 heavy (non-hydrogen) atoms. The Hall–Kier alpha value is -3.08. The molecule has 0 saturated heterocycles. The maximum absolute atomic E-state index is 5.25. The van der Waals surface area contributed by atoms with E-state index < -0.39 is 0 Å². The topological polar surface area (TPSA) is 59.1 Å². The van der Waals surface area contributed by atoms with E-state index in [-0.39, 0.29) is 0 Å². The molecule has 0 amide bonds. The zero-order chi connectivity index (χ0) is 17.6. The number of nitrogens with zero attached hydrogens (tertiary/aromatic N) is 2. The highest BCUT2D eigenvalue weighted by atomic mass is 16.5. The fourth-order valence-electron chi connectivity index (χ4n) is 2.60. The quantitative estimate of drug-likeness (QED) is 0.657. The van der Waals surface area contributed by atoms with Gasteiger partial charge in [0.1, 0.15) is 23.7 Å². The summed E-state index contributed by atoms with van der Waals surface area (Å²) >= 11 is 0. The highest BCUT2D eigenvalue weighted by Crippen LogP contribution is 2.27. The molecule has 1 aromatic heterocycles. The largest absolute Gasteiger partial charge is 0.497 e. The van der Waals surface area contributed by atoms with Gasteiger partial charge in [-0.25, -0.2) is 9.97 Å². The van der Waals surface area contributed by atoms with Crippen molar-refractivity contribution in [2.45, 2.75) is 19.8 Å². The lowest BCUT2D eigenvalue weighted by Gasteiger charge is -2.14. The number of methoxy groups -OCH3 is 1. The minimum Gasteiger partial charge on any atom is -0.497 e. The van der Waals surface area contributed by atoms with Gasteiger partial charge in [0.15, 0.2) is 0 Å². The molecule has 0 aliphatic heterocycles. The van der Waals surface area contributed by atoms with Crippen LogP contribution in [0.3, 0.4) is 0 Å². The molecule has 0 fully saturated rings. The van der Waals surface area contributed by atoms with E-state index in [1.54, 1.807) is 13.4 Å². The molecule has 0 atom stereocenters. The van der Waals surface area contributed by atoms with Crippen LogP contribution in [0.1, 0.15) is 25.3 Å². The minimum absolute atomic E-state index is 0.430. The third kappa shape index (κ3) is 4.26. The summed E-state index contributed by atoms with van der Waals surface area (Å²) in [5.74, 6) is 2.68. The van der Waals surface area contributed by atoms with Crippen LogP contribution < -0.4 is 15.4 Å². The van der Waals surface area contributed by atoms with Gasteiger partial charge in [0, 0.05) is 23.5 Å². The Bertz CT molecular complexity index is 848. The van der Waals surface area contributed by atoms with E-state index in [9.17, 15) is 0 Å². The normalized spacial score (nSPS) is 10.6. The summed E-state index contributed by atoms with van der Waals surface area (Å²) < 4.78 is 5.25. The number of para-hydroxylation sites is 1. The lowest BCUT2D eigenvalue weighted by molar-refractivity contribution is 0.415. The Morgan fingerprint density at radius 1 is 0.880 bits per heavy atom. The molecule has 0 saturated carbocycles. The molecule has 1 heterocycles. The fourth-order valence-corrected chi connectivity index (χ4v) is 2.60. The van der Waals surface area contributed by atoms with Crippen LogP contribution in [0.25, 0.3) is 0 Å². The number of ether oxygens (including phenoxy) is 1. The average Bonchev–Trinajstić information content (AvgIpc) is 2.62. The standard InChI is InChI=1S/C20H22N4O/c1-14(2)17-9-4-5-10-18(17)24-20-12-19(21-13-22-20)23-15-7-6-8-16(11-15)25-3/h4-14H,1-3H3,(H2,21,22,23,24). The number of aromatic nitrogens is 2. The van der Waals surface area contributed by atoms with Crippen molar-refractivity contribution in [3.8, 4) is 5.75 Å². The summed E-state index contributed by atoms with van der Waals surface area (Å²) in [5, 5.41) is 6.66. The Labute approximate surface area is 148 Å². The van der Waals surface area contributed by atoms with Gasteiger partial charge >= 0.3 is 0 Å². The molecule has 0 unspecified atom stereocenters. The smallest absolute Gasteiger partial charge is 0.135 e. The van der Waals surface area contributed by atoms with Crippen molar-refractivity contribution in [1.29, 1.82) is 0 Å². The Morgan fingerprint density at radius 3 is 2.40 bits per heavy atom. The van der Waals surface area contributed by atoms with Crippen LogP contribution in [0.5, 0.6) is 5.75 Å². The molecule has 3 aromatic rings. The summed E-state index contributed by atoms with van der Waals surface area (Å²) in [6.07, 6.45) is 1.54. The van der Waals surface area contributed by atoms with Crippen molar-refractivity contribution in [3.63, 3.8) is 0 Å². The summed E-state index contributed by atoms with van der Waals surface area (Å²) in [5.41, 5.74) is 3.22. The van der Waals surface area contributed by atoms with E-state index in [1.165, 1.54) is 5.56 Å². The molecule has 0 aliphatic rings. The van der Waals surface area contributed by atoms with E-state index in [0.717, 1.165) is 22.9 Å². The van der Waals surface area contributed by atoms with Crippen LogP contribution in [0, 0.1) is 0 Å². The highest BCUT2D eigenvalue weighted by Gasteiger charge is 2.07. The lowest BCUT2D eigenvalue weighted by atomic mass is 10.0. The molecule has 128 valence electrons. The maximum atomic E-state index is 5.25. The van der Waals surface area contributed by atoms with E-state index in [0.29, 0.717) is 11.7 Å². The van der Waals surface area contributed by atoms with Crippen molar-refractivity contribution in [2.24, 2.45) is 0 Å². The predicted molar refractivity (Wildman–Crippen MR) is 102 cm³/mol. The van der Waals surface area contributed by atoms with Gasteiger partial charge in [-0.2, -0.15) is 0 Å². The number of hydrogen-bond acceptors (Lipinski definition) is 5. The first kappa shape index (κ1) is 16.8. The number of benzene rings is 2. The van der Waals surface area contributed by atoms with Gasteiger partial charge in [-0.15, -0.1) is 0 Å². The molecule has 5 heteroatoms. The molecule has 2 aromatic carbocycles. The van der Waals surface area contributed by atoms with E-state index in [1.807, 2.05) is 36.4 Å². The molecule has 0 radical (unpaired) electrons. The third-order valence-electron chi connectivity index (χ3n) is 3.85. The number of hydrogen-bond donors (Lipinski definition) is 2. The second kappa shape index (κ2) is 7.66. The van der Waals surface area contributed by atoms with Gasteiger partial charge in [-0.3, -0.25) is 0 Å². The van der Waals surface area contributed by atoms with Crippen LogP contribution in [0.15, 0.2) is 60.9 Å². The second-order valence-corrected chi connectivity index (χ2v) is 6.01. The highest BCUT2D eigenvalue weighted by molar-refractivity contribution is 5.65. The first-order valence-corrected chi connectivity index (χ1v) is 8.25. The molecule has 0 aliphatic carbocycles. The monoisotopic (exact) mass is 334 g/mol. The summed E-state index contributed by atoms with van der Waals surface area (Å²) in [4.78, 5) is 8.61. The third-order valence-corrected chi connectivity index (χ3v) is 3.85. The van der Waals surface area contributed by atoms with Crippen molar-refractivity contribution in [1.82, 2.24) is 9.97 Å². The van der Waals surface area contributed by atoms with E-state index in [4.69, 9.17) is 4.74 Å². The fraction of sp³-hybridized carbons (Fsp3) is 0.200. The average molecular weight is 334 g/mol. The van der Waals surface area contributed by atoms with Crippen LogP contribution in [-0.2, 0) is 0 Å². The van der Waals surface area contributed by atoms with Gasteiger partial charge in [0.2, 0.25) is 0 Å². The minimum atomic E-state index is 0.430. The predicted octanol–water partition coefficient (Wildman–Crippen LogP) is 5.10. The molecular weight excluding hydrogens is 312 g/mol. The number of rotatable bonds is 6. The zero-order valence-electron chi connectivity index (χ0n) is 14.7. The summed E-state index contributed by atoms with van der Waals surface area (Å²) in [6.45, 7) is 4.35. The Balaban J connectivity index is 1.80. The van der Waals surface area contributed by atoms with Gasteiger partial charge in [-0.05, 0) is 29.7 Å². The van der Waals surface area contributed by atoms with Crippen molar-refractivity contribution in [3.05, 3.63) is 66.5 Å². The molecule has 0 spiro atoms. The van der Waals surface area contributed by atoms with Gasteiger partial charge in [-0.1, -0.05) is 38.1 Å². The Morgan fingerprint density at radius 2 is 1.64 bits per heavy atom. The first-order chi connectivity index (χ1) is 12.2. The van der Waals surface area contributed by atoms with Gasteiger partial charge < -0.3 is 15.4 Å². The zero-order valence-corrected chi connectivity index (χ0v) is 14.7. The number of anilines is 4. The molecule has 3 rings (SSSR count). The van der Waals surface area contributed by atoms with Crippen molar-refractivity contribution in [2.75, 3.05) is 17.7 Å². The van der Waals surface area contributed by atoms with Crippen LogP contribution in [0.4, 0.5) is 23.0 Å². The summed E-state index contributed by atoms with van der Waals surface area (Å²) in [6, 6.07) is 17.9.